The van der Waals surface area contributed by atoms with Gasteiger partial charge >= 0.3 is 5.97 Å². The summed E-state index contributed by atoms with van der Waals surface area (Å²) in [4.78, 5) is 11.8. The van der Waals surface area contributed by atoms with Crippen LogP contribution in [0, 0.1) is 5.82 Å². The van der Waals surface area contributed by atoms with Crippen molar-refractivity contribution in [3.8, 4) is 5.75 Å². The number of benzene rings is 2. The molecular weight excluding hydrogens is 335 g/mol. The van der Waals surface area contributed by atoms with Crippen LogP contribution >= 0.6 is 0 Å². The molecule has 2 N–H and O–H groups in total. The van der Waals surface area contributed by atoms with Crippen LogP contribution in [0.3, 0.4) is 0 Å². The Hall–Kier alpha value is -2.40. The Morgan fingerprint density at radius 2 is 1.81 bits per heavy atom. The van der Waals surface area contributed by atoms with Gasteiger partial charge in [-0.1, -0.05) is 55.7 Å². The van der Waals surface area contributed by atoms with E-state index in [1.165, 1.54) is 18.2 Å². The summed E-state index contributed by atoms with van der Waals surface area (Å²) in [5.41, 5.74) is -0.148. The number of carbonyl (C=O) groups is 1. The topological polar surface area (TPSA) is 66.8 Å². The average Bonchev–Trinajstić information content (AvgIpc) is 2.62. The molecule has 2 aromatic carbocycles. The van der Waals surface area contributed by atoms with E-state index in [4.69, 9.17) is 4.74 Å². The number of rotatable bonds is 6. The molecule has 0 radical (unpaired) electrons. The van der Waals surface area contributed by atoms with E-state index in [0.717, 1.165) is 24.8 Å². The van der Waals surface area contributed by atoms with Crippen LogP contribution in [0.2, 0.25) is 0 Å². The van der Waals surface area contributed by atoms with Crippen LogP contribution in [0.1, 0.15) is 49.1 Å². The highest BCUT2D eigenvalue weighted by Crippen LogP contribution is 2.41. The van der Waals surface area contributed by atoms with Gasteiger partial charge in [0.1, 0.15) is 12.5 Å². The van der Waals surface area contributed by atoms with E-state index in [0.29, 0.717) is 12.8 Å². The molecule has 0 aromatic heterocycles. The zero-order valence-electron chi connectivity index (χ0n) is 14.5. The average molecular weight is 358 g/mol. The van der Waals surface area contributed by atoms with Crippen molar-refractivity contribution in [1.82, 2.24) is 0 Å². The van der Waals surface area contributed by atoms with Gasteiger partial charge in [0.2, 0.25) is 0 Å². The number of hydrogen-bond acceptors (Lipinski definition) is 3. The summed E-state index contributed by atoms with van der Waals surface area (Å²) in [5.74, 6) is -2.83. The van der Waals surface area contributed by atoms with Gasteiger partial charge in [-0.25, -0.2) is 4.39 Å². The van der Waals surface area contributed by atoms with Crippen LogP contribution in [0.5, 0.6) is 5.75 Å². The highest BCUT2D eigenvalue weighted by molar-refractivity contribution is 5.78. The molecule has 0 heterocycles. The molecule has 1 aliphatic rings. The van der Waals surface area contributed by atoms with Gasteiger partial charge in [0.25, 0.3) is 0 Å². The first-order valence-electron chi connectivity index (χ1n) is 8.91. The molecule has 138 valence electrons. The Bertz CT molecular complexity index is 754. The fourth-order valence-corrected chi connectivity index (χ4v) is 3.68. The number of carboxylic acids is 1. The van der Waals surface area contributed by atoms with E-state index in [2.05, 4.69) is 0 Å². The van der Waals surface area contributed by atoms with Crippen molar-refractivity contribution in [2.45, 2.75) is 50.2 Å². The first-order chi connectivity index (χ1) is 12.5. The highest BCUT2D eigenvalue weighted by atomic mass is 19.1. The summed E-state index contributed by atoms with van der Waals surface area (Å²) in [6.07, 6.45) is 3.37. The maximum absolute atomic E-state index is 14.5. The smallest absolute Gasteiger partial charge is 0.313 e. The van der Waals surface area contributed by atoms with Crippen LogP contribution < -0.4 is 4.74 Å². The van der Waals surface area contributed by atoms with E-state index in [9.17, 15) is 19.4 Å². The van der Waals surface area contributed by atoms with E-state index in [-0.39, 0.29) is 17.9 Å². The lowest BCUT2D eigenvalue weighted by Crippen LogP contribution is -2.42. The third kappa shape index (κ3) is 4.05. The summed E-state index contributed by atoms with van der Waals surface area (Å²) >= 11 is 0. The molecule has 0 saturated heterocycles. The minimum Gasteiger partial charge on any atom is -0.486 e. The molecule has 1 atom stereocenters. The van der Waals surface area contributed by atoms with Crippen molar-refractivity contribution in [3.05, 3.63) is 65.5 Å². The van der Waals surface area contributed by atoms with Gasteiger partial charge in [-0.15, -0.1) is 0 Å². The molecule has 26 heavy (non-hydrogen) atoms. The van der Waals surface area contributed by atoms with Gasteiger partial charge in [-0.05, 0) is 36.1 Å². The lowest BCUT2D eigenvalue weighted by Gasteiger charge is -2.37. The van der Waals surface area contributed by atoms with E-state index in [1.807, 2.05) is 30.3 Å². The molecule has 0 bridgehead atoms. The van der Waals surface area contributed by atoms with Gasteiger partial charge in [-0.3, -0.25) is 4.79 Å². The number of carboxylic acid groups (broad SMARTS) is 1. The SMILES string of the molecule is O=C(O)C(c1ccc(OCc2ccccc2)c(F)c1)C1(O)CCCCC1. The quantitative estimate of drug-likeness (QED) is 0.809. The van der Waals surface area contributed by atoms with Crippen LogP contribution in [0.25, 0.3) is 0 Å². The third-order valence-corrected chi connectivity index (χ3v) is 5.03. The maximum Gasteiger partial charge on any atom is 0.313 e. The van der Waals surface area contributed by atoms with Crippen LogP contribution in [0.15, 0.2) is 48.5 Å². The molecule has 3 rings (SSSR count). The molecular formula is C21H23FO4. The second kappa shape index (κ2) is 7.87. The Morgan fingerprint density at radius 3 is 2.42 bits per heavy atom. The van der Waals surface area contributed by atoms with Gasteiger partial charge in [-0.2, -0.15) is 0 Å². The lowest BCUT2D eigenvalue weighted by atomic mass is 9.73. The van der Waals surface area contributed by atoms with Crippen molar-refractivity contribution in [2.24, 2.45) is 0 Å². The Labute approximate surface area is 152 Å². The lowest BCUT2D eigenvalue weighted by molar-refractivity contribution is -0.147. The highest BCUT2D eigenvalue weighted by Gasteiger charge is 2.43. The second-order valence-corrected chi connectivity index (χ2v) is 6.90. The zero-order valence-corrected chi connectivity index (χ0v) is 14.5. The number of ether oxygens (including phenoxy) is 1. The fourth-order valence-electron chi connectivity index (χ4n) is 3.68. The first kappa shape index (κ1) is 18.4. The molecule has 0 aliphatic heterocycles. The van der Waals surface area contributed by atoms with Crippen molar-refractivity contribution >= 4 is 5.97 Å². The van der Waals surface area contributed by atoms with Crippen LogP contribution in [-0.4, -0.2) is 21.8 Å². The van der Waals surface area contributed by atoms with Crippen molar-refractivity contribution in [3.63, 3.8) is 0 Å². The summed E-state index contributed by atoms with van der Waals surface area (Å²) in [7, 11) is 0. The minimum atomic E-state index is -1.33. The number of aliphatic carboxylic acids is 1. The number of hydrogen-bond donors (Lipinski definition) is 2. The molecule has 5 heteroatoms. The fraction of sp³-hybridized carbons (Fsp3) is 0.381. The third-order valence-electron chi connectivity index (χ3n) is 5.03. The Balaban J connectivity index is 1.79. The number of aliphatic hydroxyl groups is 1. The Kier molecular flexibility index (Phi) is 5.57. The monoisotopic (exact) mass is 358 g/mol. The summed E-state index contributed by atoms with van der Waals surface area (Å²) < 4.78 is 20.0. The normalized spacial score (nSPS) is 17.5. The van der Waals surface area contributed by atoms with E-state index < -0.39 is 23.3 Å². The van der Waals surface area contributed by atoms with Crippen LogP contribution in [-0.2, 0) is 11.4 Å². The summed E-state index contributed by atoms with van der Waals surface area (Å²) in [6, 6.07) is 13.6. The van der Waals surface area contributed by atoms with Crippen molar-refractivity contribution in [1.29, 1.82) is 0 Å². The minimum absolute atomic E-state index is 0.0670. The molecule has 1 fully saturated rings. The van der Waals surface area contributed by atoms with Gasteiger partial charge in [0.15, 0.2) is 11.6 Å². The maximum atomic E-state index is 14.5. The zero-order chi connectivity index (χ0) is 18.6. The van der Waals surface area contributed by atoms with Crippen LogP contribution in [0.4, 0.5) is 4.39 Å². The van der Waals surface area contributed by atoms with Gasteiger partial charge < -0.3 is 14.9 Å². The largest absolute Gasteiger partial charge is 0.486 e. The number of halogens is 1. The van der Waals surface area contributed by atoms with E-state index >= 15 is 0 Å². The predicted octanol–water partition coefficient (Wildman–Crippen LogP) is 4.27. The molecule has 1 aliphatic carbocycles. The van der Waals surface area contributed by atoms with Gasteiger partial charge in [0.05, 0.1) is 5.60 Å². The molecule has 1 unspecified atom stereocenters. The molecule has 0 spiro atoms. The first-order valence-corrected chi connectivity index (χ1v) is 8.91. The summed E-state index contributed by atoms with van der Waals surface area (Å²) in [5, 5.41) is 20.5. The van der Waals surface area contributed by atoms with Gasteiger partial charge in [0, 0.05) is 0 Å². The molecule has 1 saturated carbocycles. The summed E-state index contributed by atoms with van der Waals surface area (Å²) in [6.45, 7) is 0.226. The van der Waals surface area contributed by atoms with E-state index in [1.54, 1.807) is 0 Å². The van der Waals surface area contributed by atoms with Crippen molar-refractivity contribution < 1.29 is 24.1 Å². The standard InChI is InChI=1S/C21H23FO4/c22-17-13-16(19(20(23)24)21(25)11-5-2-6-12-21)9-10-18(17)26-14-15-7-3-1-4-8-15/h1,3-4,7-10,13,19,25H,2,5-6,11-12,14H2,(H,23,24). The Morgan fingerprint density at radius 1 is 1.12 bits per heavy atom. The molecule has 0 amide bonds. The predicted molar refractivity (Wildman–Crippen MR) is 95.6 cm³/mol. The molecule has 4 nitrogen and oxygen atoms in total. The second-order valence-electron chi connectivity index (χ2n) is 6.90. The molecule has 2 aromatic rings. The van der Waals surface area contributed by atoms with Crippen molar-refractivity contribution in [2.75, 3.05) is 0 Å².